The van der Waals surface area contributed by atoms with Gasteiger partial charge in [-0.15, -0.1) is 0 Å². The molecule has 0 N–H and O–H groups in total. The molecule has 0 radical (unpaired) electrons. The molecular weight excluding hydrogens is 154 g/mol. The molecule has 3 fully saturated rings. The van der Waals surface area contributed by atoms with E-state index in [1.54, 1.807) is 4.90 Å². The van der Waals surface area contributed by atoms with Crippen LogP contribution in [-0.2, 0) is 9.59 Å². The monoisotopic (exact) mass is 165 g/mol. The zero-order chi connectivity index (χ0) is 8.29. The van der Waals surface area contributed by atoms with Gasteiger partial charge < -0.3 is 0 Å². The Hall–Kier alpha value is -0.860. The molecule has 64 valence electrons. The van der Waals surface area contributed by atoms with Gasteiger partial charge in [0.05, 0.1) is 0 Å². The third-order valence-electron chi connectivity index (χ3n) is 3.58. The molecule has 0 aromatic rings. The van der Waals surface area contributed by atoms with Crippen LogP contribution >= 0.6 is 0 Å². The molecule has 2 aliphatic heterocycles. The summed E-state index contributed by atoms with van der Waals surface area (Å²) in [7, 11) is 0. The lowest BCUT2D eigenvalue weighted by Crippen LogP contribution is -2.32. The number of hydrogen-bond donors (Lipinski definition) is 0. The van der Waals surface area contributed by atoms with Crippen LogP contribution in [0.15, 0.2) is 0 Å². The van der Waals surface area contributed by atoms with E-state index >= 15 is 0 Å². The predicted molar refractivity (Wildman–Crippen MR) is 41.1 cm³/mol. The molecule has 0 bridgehead atoms. The summed E-state index contributed by atoms with van der Waals surface area (Å²) in [6, 6.07) is 0.310. The van der Waals surface area contributed by atoms with Crippen LogP contribution in [0.1, 0.15) is 25.7 Å². The fourth-order valence-electron chi connectivity index (χ4n) is 3.14. The summed E-state index contributed by atoms with van der Waals surface area (Å²) in [4.78, 5) is 24.3. The average molecular weight is 165 g/mol. The van der Waals surface area contributed by atoms with Gasteiger partial charge in [-0.05, 0) is 24.7 Å². The van der Waals surface area contributed by atoms with Crippen LogP contribution in [0.2, 0.25) is 0 Å². The normalized spacial score (nSPS) is 44.3. The molecular formula is C9H11NO2. The topological polar surface area (TPSA) is 37.4 Å². The van der Waals surface area contributed by atoms with E-state index in [1.807, 2.05) is 0 Å². The fraction of sp³-hybridized carbons (Fsp3) is 0.778. The van der Waals surface area contributed by atoms with Gasteiger partial charge in [0.1, 0.15) is 0 Å². The van der Waals surface area contributed by atoms with Gasteiger partial charge in [-0.3, -0.25) is 14.5 Å². The minimum atomic E-state index is 0.0807. The molecule has 1 aliphatic carbocycles. The Morgan fingerprint density at radius 1 is 1.00 bits per heavy atom. The van der Waals surface area contributed by atoms with Gasteiger partial charge in [-0.25, -0.2) is 0 Å². The van der Waals surface area contributed by atoms with Crippen molar-refractivity contribution in [3.8, 4) is 0 Å². The molecule has 2 unspecified atom stereocenters. The smallest absolute Gasteiger partial charge is 0.229 e. The molecule has 3 heteroatoms. The largest absolute Gasteiger partial charge is 0.279 e. The standard InChI is InChI=1S/C9H11NO2/c11-7-3-5-1-2-6-4-8(12)10(7)9(5)6/h5-6,9H,1-4H2. The number of imide groups is 1. The third-order valence-corrected chi connectivity index (χ3v) is 3.58. The highest BCUT2D eigenvalue weighted by molar-refractivity contribution is 5.99. The summed E-state index contributed by atoms with van der Waals surface area (Å²) in [5.41, 5.74) is 0. The van der Waals surface area contributed by atoms with Crippen molar-refractivity contribution in [3.05, 3.63) is 0 Å². The summed E-state index contributed by atoms with van der Waals surface area (Å²) < 4.78 is 0. The minimum absolute atomic E-state index is 0.0807. The molecule has 2 amide bonds. The highest BCUT2D eigenvalue weighted by Gasteiger charge is 2.55. The number of carbonyl (C=O) groups excluding carboxylic acids is 2. The second kappa shape index (κ2) is 1.90. The SMILES string of the molecule is O=C1CC2CCC3CC(=O)N1C23. The molecule has 2 saturated heterocycles. The van der Waals surface area contributed by atoms with Crippen LogP contribution in [0.25, 0.3) is 0 Å². The van der Waals surface area contributed by atoms with E-state index < -0.39 is 0 Å². The van der Waals surface area contributed by atoms with Crippen LogP contribution in [-0.4, -0.2) is 22.8 Å². The second-order valence-corrected chi connectivity index (χ2v) is 4.15. The van der Waals surface area contributed by atoms with Crippen LogP contribution in [0.3, 0.4) is 0 Å². The summed E-state index contributed by atoms with van der Waals surface area (Å²) in [6.45, 7) is 0. The van der Waals surface area contributed by atoms with Gasteiger partial charge in [0.15, 0.2) is 0 Å². The van der Waals surface area contributed by atoms with Gasteiger partial charge in [0, 0.05) is 18.9 Å². The Kier molecular flexibility index (Phi) is 1.05. The van der Waals surface area contributed by atoms with E-state index in [0.717, 1.165) is 12.8 Å². The molecule has 0 aromatic carbocycles. The molecule has 3 aliphatic rings. The van der Waals surface area contributed by atoms with Crippen molar-refractivity contribution in [2.45, 2.75) is 31.7 Å². The number of amides is 2. The first-order valence-electron chi connectivity index (χ1n) is 4.62. The maximum atomic E-state index is 11.4. The van der Waals surface area contributed by atoms with E-state index in [2.05, 4.69) is 0 Å². The molecule has 0 aromatic heterocycles. The molecule has 1 saturated carbocycles. The van der Waals surface area contributed by atoms with Gasteiger partial charge in [0.25, 0.3) is 0 Å². The molecule has 2 heterocycles. The third kappa shape index (κ3) is 0.586. The number of carbonyl (C=O) groups is 2. The van der Waals surface area contributed by atoms with Crippen molar-refractivity contribution in [1.29, 1.82) is 0 Å². The Morgan fingerprint density at radius 3 is 2.00 bits per heavy atom. The van der Waals surface area contributed by atoms with Crippen molar-refractivity contribution < 1.29 is 9.59 Å². The number of hydrogen-bond acceptors (Lipinski definition) is 2. The highest BCUT2D eigenvalue weighted by Crippen LogP contribution is 2.48. The fourth-order valence-corrected chi connectivity index (χ4v) is 3.14. The lowest BCUT2D eigenvalue weighted by Gasteiger charge is -2.15. The lowest BCUT2D eigenvalue weighted by atomic mass is 10.00. The van der Waals surface area contributed by atoms with Crippen LogP contribution < -0.4 is 0 Å². The quantitative estimate of drug-likeness (QED) is 0.491. The predicted octanol–water partition coefficient (Wildman–Crippen LogP) is 0.544. The maximum absolute atomic E-state index is 11.4. The van der Waals surface area contributed by atoms with Crippen molar-refractivity contribution in [3.63, 3.8) is 0 Å². The Bertz CT molecular complexity index is 248. The average Bonchev–Trinajstić information content (AvgIpc) is 2.57. The van der Waals surface area contributed by atoms with Crippen LogP contribution in [0, 0.1) is 11.8 Å². The second-order valence-electron chi connectivity index (χ2n) is 4.15. The van der Waals surface area contributed by atoms with Gasteiger partial charge in [-0.1, -0.05) is 0 Å². The first kappa shape index (κ1) is 6.63. The van der Waals surface area contributed by atoms with Crippen molar-refractivity contribution in [2.75, 3.05) is 0 Å². The summed E-state index contributed by atoms with van der Waals surface area (Å²) in [5, 5.41) is 0. The lowest BCUT2D eigenvalue weighted by molar-refractivity contribution is -0.140. The summed E-state index contributed by atoms with van der Waals surface area (Å²) >= 11 is 0. The first-order valence-corrected chi connectivity index (χ1v) is 4.62. The molecule has 2 atom stereocenters. The highest BCUT2D eigenvalue weighted by atomic mass is 16.2. The molecule has 3 nitrogen and oxygen atoms in total. The number of rotatable bonds is 0. The molecule has 0 spiro atoms. The van der Waals surface area contributed by atoms with Gasteiger partial charge >= 0.3 is 0 Å². The van der Waals surface area contributed by atoms with Crippen LogP contribution in [0.5, 0.6) is 0 Å². The van der Waals surface area contributed by atoms with E-state index in [4.69, 9.17) is 0 Å². The van der Waals surface area contributed by atoms with Crippen LogP contribution in [0.4, 0.5) is 0 Å². The summed E-state index contributed by atoms with van der Waals surface area (Å²) in [6.07, 6.45) is 3.58. The number of nitrogens with zero attached hydrogens (tertiary/aromatic N) is 1. The van der Waals surface area contributed by atoms with Crippen molar-refractivity contribution >= 4 is 11.8 Å². The molecule has 12 heavy (non-hydrogen) atoms. The Labute approximate surface area is 70.7 Å². The van der Waals surface area contributed by atoms with Gasteiger partial charge in [-0.2, -0.15) is 0 Å². The van der Waals surface area contributed by atoms with E-state index in [0.29, 0.717) is 30.7 Å². The van der Waals surface area contributed by atoms with Crippen molar-refractivity contribution in [1.82, 2.24) is 4.90 Å². The molecule has 3 rings (SSSR count). The van der Waals surface area contributed by atoms with E-state index in [-0.39, 0.29) is 11.8 Å². The zero-order valence-corrected chi connectivity index (χ0v) is 6.82. The Balaban J connectivity index is 2.04. The minimum Gasteiger partial charge on any atom is -0.279 e. The Morgan fingerprint density at radius 2 is 1.50 bits per heavy atom. The van der Waals surface area contributed by atoms with Crippen molar-refractivity contribution in [2.24, 2.45) is 11.8 Å². The van der Waals surface area contributed by atoms with Gasteiger partial charge in [0.2, 0.25) is 11.8 Å². The van der Waals surface area contributed by atoms with E-state index in [9.17, 15) is 9.59 Å². The summed E-state index contributed by atoms with van der Waals surface area (Å²) in [5.74, 6) is 1.18. The first-order chi connectivity index (χ1) is 5.77. The van der Waals surface area contributed by atoms with E-state index in [1.165, 1.54) is 0 Å². The zero-order valence-electron chi connectivity index (χ0n) is 6.82. The maximum Gasteiger partial charge on any atom is 0.229 e.